The zero-order valence-electron chi connectivity index (χ0n) is 13.8. The molecule has 2 heterocycles. The molecule has 0 saturated carbocycles. The zero-order valence-corrected chi connectivity index (χ0v) is 13.8. The maximum absolute atomic E-state index is 4.44. The van der Waals surface area contributed by atoms with Crippen LogP contribution in [0.2, 0.25) is 0 Å². The lowest BCUT2D eigenvalue weighted by atomic mass is 9.95. The molecule has 22 heavy (non-hydrogen) atoms. The van der Waals surface area contributed by atoms with Gasteiger partial charge in [0.1, 0.15) is 0 Å². The highest BCUT2D eigenvalue weighted by molar-refractivity contribution is 5.74. The highest BCUT2D eigenvalue weighted by Crippen LogP contribution is 2.28. The molecule has 0 spiro atoms. The average Bonchev–Trinajstić information content (AvgIpc) is 2.56. The second-order valence-electron chi connectivity index (χ2n) is 6.49. The van der Waals surface area contributed by atoms with Crippen molar-refractivity contribution in [2.75, 3.05) is 26.2 Å². The second kappa shape index (κ2) is 6.23. The lowest BCUT2D eigenvalue weighted by molar-refractivity contribution is 0.0453. The number of aryl methyl sites for hydroxylation is 1. The van der Waals surface area contributed by atoms with E-state index in [0.717, 1.165) is 26.2 Å². The third-order valence-corrected chi connectivity index (χ3v) is 4.76. The van der Waals surface area contributed by atoms with Crippen molar-refractivity contribution in [3.63, 3.8) is 0 Å². The molecule has 2 aliphatic heterocycles. The molecular weight excluding hydrogens is 272 g/mol. The van der Waals surface area contributed by atoms with Crippen LogP contribution in [0.4, 0.5) is 0 Å². The van der Waals surface area contributed by atoms with Gasteiger partial charge in [0.15, 0.2) is 5.66 Å². The lowest BCUT2D eigenvalue weighted by Crippen LogP contribution is -2.62. The topological polar surface area (TPSA) is 30.9 Å². The molecule has 3 rings (SSSR count). The van der Waals surface area contributed by atoms with Crippen LogP contribution in [0.25, 0.3) is 0 Å². The number of hydrogen-bond acceptors (Lipinski definition) is 4. The smallest absolute Gasteiger partial charge is 0.154 e. The Hall–Kier alpha value is -1.65. The van der Waals surface area contributed by atoms with E-state index >= 15 is 0 Å². The number of hydrogen-bond donors (Lipinski definition) is 1. The first-order chi connectivity index (χ1) is 10.6. The number of aliphatic imine (C=N–C) groups is 1. The normalized spacial score (nSPS) is 26.4. The molecule has 0 aliphatic carbocycles. The summed E-state index contributed by atoms with van der Waals surface area (Å²) in [6.45, 7) is 11.0. The number of rotatable bonds is 3. The summed E-state index contributed by atoms with van der Waals surface area (Å²) in [5, 5.41) is 3.56. The highest BCUT2D eigenvalue weighted by atomic mass is 15.4. The first kappa shape index (κ1) is 15.3. The van der Waals surface area contributed by atoms with Crippen molar-refractivity contribution in [3.05, 3.63) is 47.8 Å². The molecule has 1 atom stereocenters. The third kappa shape index (κ3) is 2.81. The van der Waals surface area contributed by atoms with Crippen molar-refractivity contribution >= 4 is 6.21 Å². The number of piperazine rings is 1. The van der Waals surface area contributed by atoms with E-state index in [9.17, 15) is 0 Å². The van der Waals surface area contributed by atoms with Gasteiger partial charge in [0.2, 0.25) is 0 Å². The van der Waals surface area contributed by atoms with Gasteiger partial charge in [-0.3, -0.25) is 14.8 Å². The van der Waals surface area contributed by atoms with Gasteiger partial charge in [0, 0.05) is 50.8 Å². The molecule has 0 aromatic heterocycles. The molecule has 0 amide bonds. The summed E-state index contributed by atoms with van der Waals surface area (Å²) in [6, 6.07) is 9.39. The summed E-state index contributed by atoms with van der Waals surface area (Å²) in [4.78, 5) is 9.48. The fourth-order valence-electron chi connectivity index (χ4n) is 3.31. The molecule has 4 nitrogen and oxygen atoms in total. The standard InChI is InChI=1S/C18H26N4/c1-15(2)21-10-12-22(13-11-21)18(14-19-8-9-20-18)17-6-4-16(3)5-7-17/h4-9,14-15,20H,10-13H2,1-3H3. The Labute approximate surface area is 133 Å². The van der Waals surface area contributed by atoms with Crippen LogP contribution in [0.1, 0.15) is 25.0 Å². The van der Waals surface area contributed by atoms with E-state index in [1.54, 1.807) is 0 Å². The van der Waals surface area contributed by atoms with Gasteiger partial charge in [0.05, 0.1) is 0 Å². The van der Waals surface area contributed by atoms with Crippen LogP contribution < -0.4 is 5.32 Å². The van der Waals surface area contributed by atoms with Gasteiger partial charge in [-0.15, -0.1) is 0 Å². The fraction of sp³-hybridized carbons (Fsp3) is 0.500. The Morgan fingerprint density at radius 2 is 1.77 bits per heavy atom. The van der Waals surface area contributed by atoms with Crippen molar-refractivity contribution in [2.24, 2.45) is 4.99 Å². The average molecular weight is 298 g/mol. The van der Waals surface area contributed by atoms with E-state index < -0.39 is 0 Å². The van der Waals surface area contributed by atoms with Crippen LogP contribution in [-0.2, 0) is 5.66 Å². The first-order valence-electron chi connectivity index (χ1n) is 8.15. The highest BCUT2D eigenvalue weighted by Gasteiger charge is 2.39. The molecule has 1 unspecified atom stereocenters. The summed E-state index contributed by atoms with van der Waals surface area (Å²) in [5.74, 6) is 0. The summed E-state index contributed by atoms with van der Waals surface area (Å²) >= 11 is 0. The number of benzene rings is 1. The van der Waals surface area contributed by atoms with Gasteiger partial charge in [-0.2, -0.15) is 0 Å². The summed E-state index contributed by atoms with van der Waals surface area (Å²) in [5.41, 5.74) is 2.22. The summed E-state index contributed by atoms with van der Waals surface area (Å²) in [7, 11) is 0. The molecular formula is C18H26N4. The monoisotopic (exact) mass is 298 g/mol. The molecule has 118 valence electrons. The lowest BCUT2D eigenvalue weighted by Gasteiger charge is -2.47. The fourth-order valence-corrected chi connectivity index (χ4v) is 3.31. The van der Waals surface area contributed by atoms with Crippen LogP contribution >= 0.6 is 0 Å². The van der Waals surface area contributed by atoms with Gasteiger partial charge in [0.25, 0.3) is 0 Å². The minimum atomic E-state index is -0.314. The molecule has 2 aliphatic rings. The molecule has 1 saturated heterocycles. The SMILES string of the molecule is Cc1ccc(C2(N3CCN(C(C)C)CC3)C=NC=CN2)cc1. The predicted octanol–water partition coefficient (Wildman–Crippen LogP) is 2.32. The Kier molecular flexibility index (Phi) is 4.32. The van der Waals surface area contributed by atoms with E-state index in [0.29, 0.717) is 6.04 Å². The van der Waals surface area contributed by atoms with E-state index in [1.165, 1.54) is 11.1 Å². The van der Waals surface area contributed by atoms with Crippen LogP contribution in [0, 0.1) is 6.92 Å². The van der Waals surface area contributed by atoms with E-state index in [1.807, 2.05) is 18.6 Å². The Morgan fingerprint density at radius 1 is 1.09 bits per heavy atom. The Bertz CT molecular complexity index is 553. The van der Waals surface area contributed by atoms with Crippen molar-refractivity contribution in [1.82, 2.24) is 15.1 Å². The third-order valence-electron chi connectivity index (χ3n) is 4.76. The molecule has 1 aromatic carbocycles. The molecule has 0 radical (unpaired) electrons. The summed E-state index contributed by atoms with van der Waals surface area (Å²) in [6.07, 6.45) is 5.81. The largest absolute Gasteiger partial charge is 0.364 e. The van der Waals surface area contributed by atoms with Crippen molar-refractivity contribution in [1.29, 1.82) is 0 Å². The second-order valence-corrected chi connectivity index (χ2v) is 6.49. The maximum atomic E-state index is 4.44. The van der Waals surface area contributed by atoms with Crippen LogP contribution in [-0.4, -0.2) is 48.2 Å². The molecule has 4 heteroatoms. The molecule has 1 N–H and O–H groups in total. The van der Waals surface area contributed by atoms with Gasteiger partial charge >= 0.3 is 0 Å². The minimum Gasteiger partial charge on any atom is -0.364 e. The minimum absolute atomic E-state index is 0.314. The van der Waals surface area contributed by atoms with Crippen molar-refractivity contribution in [2.45, 2.75) is 32.5 Å². The van der Waals surface area contributed by atoms with Gasteiger partial charge in [-0.25, -0.2) is 0 Å². The van der Waals surface area contributed by atoms with E-state index in [2.05, 4.69) is 65.1 Å². The predicted molar refractivity (Wildman–Crippen MR) is 91.9 cm³/mol. The Balaban J connectivity index is 1.86. The maximum Gasteiger partial charge on any atom is 0.154 e. The van der Waals surface area contributed by atoms with Crippen molar-refractivity contribution in [3.8, 4) is 0 Å². The van der Waals surface area contributed by atoms with Crippen LogP contribution in [0.5, 0.6) is 0 Å². The van der Waals surface area contributed by atoms with E-state index in [4.69, 9.17) is 0 Å². The van der Waals surface area contributed by atoms with Crippen LogP contribution in [0.3, 0.4) is 0 Å². The number of nitrogens with zero attached hydrogens (tertiary/aromatic N) is 3. The van der Waals surface area contributed by atoms with Gasteiger partial charge < -0.3 is 5.32 Å². The molecule has 1 fully saturated rings. The Morgan fingerprint density at radius 3 is 2.32 bits per heavy atom. The van der Waals surface area contributed by atoms with Gasteiger partial charge in [-0.05, 0) is 26.3 Å². The van der Waals surface area contributed by atoms with Crippen molar-refractivity contribution < 1.29 is 0 Å². The first-order valence-corrected chi connectivity index (χ1v) is 8.15. The molecule has 1 aromatic rings. The number of nitrogens with one attached hydrogen (secondary N) is 1. The zero-order chi connectivity index (χ0) is 15.6. The summed E-state index contributed by atoms with van der Waals surface area (Å²) < 4.78 is 0. The molecule has 0 bridgehead atoms. The van der Waals surface area contributed by atoms with Crippen LogP contribution in [0.15, 0.2) is 41.7 Å². The van der Waals surface area contributed by atoms with E-state index in [-0.39, 0.29) is 5.66 Å². The quantitative estimate of drug-likeness (QED) is 0.929. The van der Waals surface area contributed by atoms with Gasteiger partial charge in [-0.1, -0.05) is 29.8 Å².